The summed E-state index contributed by atoms with van der Waals surface area (Å²) in [6.45, 7) is 3.66. The Labute approximate surface area is 203 Å². The van der Waals surface area contributed by atoms with Gasteiger partial charge in [0.1, 0.15) is 0 Å². The Morgan fingerprint density at radius 3 is 2.00 bits per heavy atom. The number of carbonyl (C=O) groups is 1. The molecular weight excluding hydrogens is 496 g/mol. The standard InChI is InChI=1S/C24H24ClF6N3O/c25-19-3-1-15(2-4-19)20-14-34(8-5-21(20)33-9-6-32-7-10-33)22(35)16-11-17(23(26,27)28)13-18(12-16)24(29,30)31/h1-4,11-13,20-21,32H,5-10,14H2. The number of nitrogens with one attached hydrogen (secondary N) is 1. The zero-order valence-electron chi connectivity index (χ0n) is 18.6. The fourth-order valence-corrected chi connectivity index (χ4v) is 5.00. The Hall–Kier alpha value is -2.30. The number of nitrogens with zero attached hydrogens (tertiary/aromatic N) is 2. The van der Waals surface area contributed by atoms with Crippen LogP contribution in [0.4, 0.5) is 26.3 Å². The molecule has 2 aliphatic heterocycles. The van der Waals surface area contributed by atoms with Gasteiger partial charge in [0.15, 0.2) is 0 Å². The van der Waals surface area contributed by atoms with Crippen LogP contribution < -0.4 is 5.32 Å². The van der Waals surface area contributed by atoms with Crippen LogP contribution in [0, 0.1) is 0 Å². The Balaban J connectivity index is 1.65. The van der Waals surface area contributed by atoms with Crippen LogP contribution in [0.25, 0.3) is 0 Å². The molecule has 0 bridgehead atoms. The quantitative estimate of drug-likeness (QED) is 0.560. The first-order valence-electron chi connectivity index (χ1n) is 11.2. The molecule has 0 radical (unpaired) electrons. The molecule has 4 rings (SSSR count). The summed E-state index contributed by atoms with van der Waals surface area (Å²) < 4.78 is 79.8. The maximum absolute atomic E-state index is 13.3. The summed E-state index contributed by atoms with van der Waals surface area (Å²) in [7, 11) is 0. The molecule has 0 aliphatic carbocycles. The maximum atomic E-state index is 13.3. The van der Waals surface area contributed by atoms with Gasteiger partial charge in [-0.25, -0.2) is 0 Å². The van der Waals surface area contributed by atoms with Crippen molar-refractivity contribution in [3.8, 4) is 0 Å². The second-order valence-corrected chi connectivity index (χ2v) is 9.28. The lowest BCUT2D eigenvalue weighted by Crippen LogP contribution is -2.55. The molecule has 0 aromatic heterocycles. The van der Waals surface area contributed by atoms with Crippen LogP contribution >= 0.6 is 11.6 Å². The molecule has 190 valence electrons. The molecule has 2 aromatic carbocycles. The predicted octanol–water partition coefficient (Wildman–Crippen LogP) is 5.28. The number of alkyl halides is 6. The molecule has 0 saturated carbocycles. The van der Waals surface area contributed by atoms with E-state index >= 15 is 0 Å². The summed E-state index contributed by atoms with van der Waals surface area (Å²) >= 11 is 6.03. The molecule has 2 heterocycles. The van der Waals surface area contributed by atoms with Crippen molar-refractivity contribution in [1.82, 2.24) is 15.1 Å². The second-order valence-electron chi connectivity index (χ2n) is 8.85. The van der Waals surface area contributed by atoms with E-state index in [0.29, 0.717) is 23.6 Å². The molecule has 0 spiro atoms. The number of hydrogen-bond acceptors (Lipinski definition) is 3. The molecule has 4 nitrogen and oxygen atoms in total. The van der Waals surface area contributed by atoms with Gasteiger partial charge in [-0.05, 0) is 42.3 Å². The van der Waals surface area contributed by atoms with Gasteiger partial charge in [-0.15, -0.1) is 0 Å². The van der Waals surface area contributed by atoms with Crippen molar-refractivity contribution in [1.29, 1.82) is 0 Å². The molecular formula is C24H24ClF6N3O. The summed E-state index contributed by atoms with van der Waals surface area (Å²) in [5.41, 5.74) is -2.71. The lowest BCUT2D eigenvalue weighted by Gasteiger charge is -2.45. The first-order valence-corrected chi connectivity index (χ1v) is 11.6. The van der Waals surface area contributed by atoms with E-state index in [2.05, 4.69) is 10.2 Å². The summed E-state index contributed by atoms with van der Waals surface area (Å²) in [6, 6.07) is 8.27. The Bertz CT molecular complexity index is 1020. The van der Waals surface area contributed by atoms with E-state index in [0.717, 1.165) is 31.7 Å². The van der Waals surface area contributed by atoms with E-state index in [4.69, 9.17) is 11.6 Å². The third kappa shape index (κ3) is 5.92. The van der Waals surface area contributed by atoms with Gasteiger partial charge in [0.25, 0.3) is 5.91 Å². The maximum Gasteiger partial charge on any atom is 0.416 e. The van der Waals surface area contributed by atoms with Gasteiger partial charge in [0.2, 0.25) is 0 Å². The van der Waals surface area contributed by atoms with E-state index in [-0.39, 0.29) is 31.1 Å². The molecule has 11 heteroatoms. The number of likely N-dealkylation sites (tertiary alicyclic amines) is 1. The number of benzene rings is 2. The minimum Gasteiger partial charge on any atom is -0.338 e. The van der Waals surface area contributed by atoms with Crippen LogP contribution in [0.1, 0.15) is 39.4 Å². The minimum absolute atomic E-state index is 0.0317. The number of amides is 1. The summed E-state index contributed by atoms with van der Waals surface area (Å²) in [5, 5.41) is 3.83. The Morgan fingerprint density at radius 2 is 1.46 bits per heavy atom. The van der Waals surface area contributed by atoms with Crippen molar-refractivity contribution < 1.29 is 31.1 Å². The third-order valence-corrected chi connectivity index (χ3v) is 6.87. The fraction of sp³-hybridized carbons (Fsp3) is 0.458. The number of halogens is 7. The third-order valence-electron chi connectivity index (χ3n) is 6.62. The van der Waals surface area contributed by atoms with Crippen LogP contribution in [-0.2, 0) is 12.4 Å². The molecule has 1 N–H and O–H groups in total. The summed E-state index contributed by atoms with van der Waals surface area (Å²) in [5.74, 6) is -1.02. The number of carbonyl (C=O) groups excluding carboxylic acids is 1. The lowest BCUT2D eigenvalue weighted by molar-refractivity contribution is -0.143. The van der Waals surface area contributed by atoms with Crippen LogP contribution in [-0.4, -0.2) is 61.0 Å². The molecule has 2 saturated heterocycles. The van der Waals surface area contributed by atoms with Crippen LogP contribution in [0.3, 0.4) is 0 Å². The summed E-state index contributed by atoms with van der Waals surface area (Å²) in [6.07, 6.45) is -9.49. The fourth-order valence-electron chi connectivity index (χ4n) is 4.87. The molecule has 2 fully saturated rings. The minimum atomic E-state index is -5.02. The first-order chi connectivity index (χ1) is 16.4. The van der Waals surface area contributed by atoms with Crippen molar-refractivity contribution in [3.05, 3.63) is 69.7 Å². The number of piperidine rings is 1. The van der Waals surface area contributed by atoms with Crippen LogP contribution in [0.2, 0.25) is 5.02 Å². The average Bonchev–Trinajstić information content (AvgIpc) is 2.83. The summed E-state index contributed by atoms with van der Waals surface area (Å²) in [4.78, 5) is 16.9. The Morgan fingerprint density at radius 1 is 0.886 bits per heavy atom. The van der Waals surface area contributed by atoms with Crippen molar-refractivity contribution in [3.63, 3.8) is 0 Å². The van der Waals surface area contributed by atoms with E-state index in [1.165, 1.54) is 4.90 Å². The van der Waals surface area contributed by atoms with Gasteiger partial charge in [0, 0.05) is 61.8 Å². The zero-order valence-corrected chi connectivity index (χ0v) is 19.4. The van der Waals surface area contributed by atoms with Crippen LogP contribution in [0.15, 0.2) is 42.5 Å². The van der Waals surface area contributed by atoms with Crippen molar-refractivity contribution in [2.75, 3.05) is 39.3 Å². The van der Waals surface area contributed by atoms with Crippen LogP contribution in [0.5, 0.6) is 0 Å². The average molecular weight is 520 g/mol. The highest BCUT2D eigenvalue weighted by molar-refractivity contribution is 6.30. The lowest BCUT2D eigenvalue weighted by atomic mass is 9.84. The van der Waals surface area contributed by atoms with Gasteiger partial charge in [-0.3, -0.25) is 9.69 Å². The SMILES string of the molecule is O=C(c1cc(C(F)(F)F)cc(C(F)(F)F)c1)N1CCC(N2CCNCC2)C(c2ccc(Cl)cc2)C1. The van der Waals surface area contributed by atoms with E-state index in [1.807, 2.05) is 12.1 Å². The highest BCUT2D eigenvalue weighted by Crippen LogP contribution is 2.38. The number of hydrogen-bond donors (Lipinski definition) is 1. The largest absolute Gasteiger partial charge is 0.416 e. The van der Waals surface area contributed by atoms with Gasteiger partial charge in [0.05, 0.1) is 11.1 Å². The predicted molar refractivity (Wildman–Crippen MR) is 119 cm³/mol. The highest BCUT2D eigenvalue weighted by atomic mass is 35.5. The molecule has 2 aliphatic rings. The smallest absolute Gasteiger partial charge is 0.338 e. The van der Waals surface area contributed by atoms with E-state index < -0.39 is 35.0 Å². The topological polar surface area (TPSA) is 35.6 Å². The van der Waals surface area contributed by atoms with Crippen molar-refractivity contribution in [2.24, 2.45) is 0 Å². The van der Waals surface area contributed by atoms with Gasteiger partial charge < -0.3 is 10.2 Å². The molecule has 1 amide bonds. The zero-order chi connectivity index (χ0) is 25.4. The molecule has 2 unspecified atom stereocenters. The van der Waals surface area contributed by atoms with Gasteiger partial charge in [-0.2, -0.15) is 26.3 Å². The van der Waals surface area contributed by atoms with Crippen molar-refractivity contribution >= 4 is 17.5 Å². The van der Waals surface area contributed by atoms with Gasteiger partial charge in [-0.1, -0.05) is 23.7 Å². The second kappa shape index (κ2) is 9.99. The van der Waals surface area contributed by atoms with Gasteiger partial charge >= 0.3 is 12.4 Å². The molecule has 2 aromatic rings. The first kappa shape index (κ1) is 25.8. The van der Waals surface area contributed by atoms with E-state index in [9.17, 15) is 31.1 Å². The van der Waals surface area contributed by atoms with Crippen molar-refractivity contribution in [2.45, 2.75) is 30.7 Å². The monoisotopic (exact) mass is 519 g/mol. The Kier molecular flexibility index (Phi) is 7.36. The number of rotatable bonds is 3. The molecule has 35 heavy (non-hydrogen) atoms. The normalized spacial score (nSPS) is 22.3. The highest BCUT2D eigenvalue weighted by Gasteiger charge is 2.40. The molecule has 2 atom stereocenters. The van der Waals surface area contributed by atoms with E-state index in [1.54, 1.807) is 12.1 Å². The number of piperazine rings is 1.